The largest absolute Gasteiger partial charge is 0.495 e. The number of methoxy groups -OCH3 is 1. The fraction of sp³-hybridized carbons (Fsp3) is 0.0476. The fourth-order valence-electron chi connectivity index (χ4n) is 2.54. The number of hydrogen-bond donors (Lipinski definition) is 2. The Kier molecular flexibility index (Phi) is 6.59. The van der Waals surface area contributed by atoms with Crippen molar-refractivity contribution < 1.29 is 18.7 Å². The summed E-state index contributed by atoms with van der Waals surface area (Å²) >= 11 is 12.1. The first-order valence-corrected chi connectivity index (χ1v) is 9.19. The molecule has 0 radical (unpaired) electrons. The minimum atomic E-state index is -0.386. The molecule has 1 heterocycles. The number of benzene rings is 2. The molecule has 0 aliphatic heterocycles. The Balaban J connectivity index is 1.68. The Bertz CT molecular complexity index is 1060. The highest BCUT2D eigenvalue weighted by Gasteiger charge is 2.10. The molecule has 0 aliphatic rings. The minimum absolute atomic E-state index is 0.191. The van der Waals surface area contributed by atoms with Crippen LogP contribution in [0.25, 0.3) is 6.08 Å². The van der Waals surface area contributed by atoms with Gasteiger partial charge in [0.1, 0.15) is 5.75 Å². The molecule has 0 spiro atoms. The highest BCUT2D eigenvalue weighted by atomic mass is 35.5. The van der Waals surface area contributed by atoms with E-state index >= 15 is 0 Å². The molecule has 29 heavy (non-hydrogen) atoms. The Morgan fingerprint density at radius 2 is 1.79 bits per heavy atom. The van der Waals surface area contributed by atoms with Gasteiger partial charge in [0.2, 0.25) is 5.91 Å². The van der Waals surface area contributed by atoms with Gasteiger partial charge in [-0.05, 0) is 48.5 Å². The number of rotatable bonds is 6. The molecule has 148 valence electrons. The summed E-state index contributed by atoms with van der Waals surface area (Å²) in [5.41, 5.74) is 1.59. The van der Waals surface area contributed by atoms with Crippen LogP contribution in [0.1, 0.15) is 16.1 Å². The van der Waals surface area contributed by atoms with Crippen LogP contribution in [0.4, 0.5) is 11.4 Å². The van der Waals surface area contributed by atoms with Gasteiger partial charge in [0.25, 0.3) is 5.91 Å². The van der Waals surface area contributed by atoms with Gasteiger partial charge >= 0.3 is 0 Å². The number of carbonyl (C=O) groups is 2. The fourth-order valence-corrected chi connectivity index (χ4v) is 3.13. The van der Waals surface area contributed by atoms with Crippen molar-refractivity contribution in [1.29, 1.82) is 0 Å². The predicted molar refractivity (Wildman–Crippen MR) is 114 cm³/mol. The van der Waals surface area contributed by atoms with Crippen molar-refractivity contribution in [2.24, 2.45) is 0 Å². The summed E-state index contributed by atoms with van der Waals surface area (Å²) in [6, 6.07) is 13.1. The maximum Gasteiger partial charge on any atom is 0.291 e. The first kappa shape index (κ1) is 20.5. The number of amides is 2. The highest BCUT2D eigenvalue weighted by Crippen LogP contribution is 2.33. The van der Waals surface area contributed by atoms with Gasteiger partial charge in [-0.1, -0.05) is 29.3 Å². The van der Waals surface area contributed by atoms with E-state index in [4.69, 9.17) is 32.4 Å². The number of carbonyl (C=O) groups excluding carboxylic acids is 2. The van der Waals surface area contributed by atoms with Crippen LogP contribution < -0.4 is 15.4 Å². The van der Waals surface area contributed by atoms with Crippen molar-refractivity contribution >= 4 is 52.5 Å². The Labute approximate surface area is 177 Å². The molecule has 0 fully saturated rings. The molecule has 2 aromatic carbocycles. The number of anilines is 2. The maximum atomic E-state index is 12.3. The third-order valence-electron chi connectivity index (χ3n) is 3.79. The quantitative estimate of drug-likeness (QED) is 0.505. The lowest BCUT2D eigenvalue weighted by Gasteiger charge is -2.08. The highest BCUT2D eigenvalue weighted by molar-refractivity contribution is 6.36. The van der Waals surface area contributed by atoms with Crippen molar-refractivity contribution in [3.05, 3.63) is 82.2 Å². The van der Waals surface area contributed by atoms with Gasteiger partial charge in [0, 0.05) is 28.0 Å². The molecule has 2 amide bonds. The monoisotopic (exact) mass is 430 g/mol. The van der Waals surface area contributed by atoms with Crippen LogP contribution in [0, 0.1) is 0 Å². The smallest absolute Gasteiger partial charge is 0.291 e. The van der Waals surface area contributed by atoms with Crippen LogP contribution in [0.3, 0.4) is 0 Å². The van der Waals surface area contributed by atoms with E-state index in [1.165, 1.54) is 19.4 Å². The Hall–Kier alpha value is -3.22. The molecular weight excluding hydrogens is 415 g/mol. The van der Waals surface area contributed by atoms with E-state index in [0.717, 1.165) is 0 Å². The third kappa shape index (κ3) is 5.40. The lowest BCUT2D eigenvalue weighted by Crippen LogP contribution is -2.12. The first-order chi connectivity index (χ1) is 14.0. The third-order valence-corrected chi connectivity index (χ3v) is 4.29. The number of halogens is 2. The zero-order chi connectivity index (χ0) is 20.8. The molecule has 2 N–H and O–H groups in total. The summed E-state index contributed by atoms with van der Waals surface area (Å²) in [7, 11) is 1.48. The van der Waals surface area contributed by atoms with Crippen LogP contribution >= 0.6 is 23.2 Å². The molecule has 0 aliphatic carbocycles. The van der Waals surface area contributed by atoms with Gasteiger partial charge in [0.15, 0.2) is 5.76 Å². The maximum absolute atomic E-state index is 12.3. The van der Waals surface area contributed by atoms with Crippen LogP contribution in [0.15, 0.2) is 65.3 Å². The summed E-state index contributed by atoms with van der Waals surface area (Å²) in [4.78, 5) is 24.3. The predicted octanol–water partition coefficient (Wildman–Crippen LogP) is 5.50. The Morgan fingerprint density at radius 3 is 2.48 bits per heavy atom. The molecule has 3 rings (SSSR count). The average Bonchev–Trinajstić information content (AvgIpc) is 3.21. The Morgan fingerprint density at radius 1 is 1.03 bits per heavy atom. The van der Waals surface area contributed by atoms with Gasteiger partial charge in [0.05, 0.1) is 18.4 Å². The second-order valence-electron chi connectivity index (χ2n) is 5.84. The topological polar surface area (TPSA) is 80.6 Å². The van der Waals surface area contributed by atoms with Crippen LogP contribution in [0.5, 0.6) is 5.75 Å². The lowest BCUT2D eigenvalue weighted by atomic mass is 10.2. The van der Waals surface area contributed by atoms with Crippen LogP contribution in [0.2, 0.25) is 10.0 Å². The molecule has 3 aromatic rings. The second-order valence-corrected chi connectivity index (χ2v) is 6.69. The summed E-state index contributed by atoms with van der Waals surface area (Å²) in [5, 5.41) is 6.19. The van der Waals surface area contributed by atoms with Gasteiger partial charge in [-0.3, -0.25) is 9.59 Å². The van der Waals surface area contributed by atoms with Gasteiger partial charge in [-0.15, -0.1) is 0 Å². The number of ether oxygens (including phenoxy) is 1. The average molecular weight is 431 g/mol. The van der Waals surface area contributed by atoms with Crippen molar-refractivity contribution in [1.82, 2.24) is 0 Å². The molecule has 1 aromatic heterocycles. The van der Waals surface area contributed by atoms with E-state index < -0.39 is 0 Å². The molecule has 0 unspecified atom stereocenters. The van der Waals surface area contributed by atoms with Crippen molar-refractivity contribution in [2.45, 2.75) is 0 Å². The molecular formula is C21H16Cl2N2O4. The zero-order valence-corrected chi connectivity index (χ0v) is 16.8. The standard InChI is InChI=1S/C21H16Cl2N2O4/c1-28-20-13(10-14(22)11-17(20)23)7-8-19(26)24-15-4-2-5-16(12-15)25-21(27)18-6-3-9-29-18/h2-12H,1H3,(H,24,26)(H,25,27). The minimum Gasteiger partial charge on any atom is -0.495 e. The lowest BCUT2D eigenvalue weighted by molar-refractivity contribution is -0.111. The normalized spacial score (nSPS) is 10.7. The second kappa shape index (κ2) is 9.32. The van der Waals surface area contributed by atoms with Crippen molar-refractivity contribution in [3.63, 3.8) is 0 Å². The SMILES string of the molecule is COc1c(Cl)cc(Cl)cc1C=CC(=O)Nc1cccc(NC(=O)c2ccco2)c1. The number of furan rings is 1. The van der Waals surface area contributed by atoms with Crippen LogP contribution in [-0.2, 0) is 4.79 Å². The van der Waals surface area contributed by atoms with E-state index in [2.05, 4.69) is 10.6 Å². The van der Waals surface area contributed by atoms with E-state index in [1.807, 2.05) is 0 Å². The molecule has 0 atom stereocenters. The molecule has 8 heteroatoms. The summed E-state index contributed by atoms with van der Waals surface area (Å²) in [6.07, 6.45) is 4.30. The first-order valence-electron chi connectivity index (χ1n) is 8.43. The number of hydrogen-bond acceptors (Lipinski definition) is 4. The zero-order valence-electron chi connectivity index (χ0n) is 15.2. The van der Waals surface area contributed by atoms with Crippen molar-refractivity contribution in [2.75, 3.05) is 17.7 Å². The van der Waals surface area contributed by atoms with E-state index in [-0.39, 0.29) is 17.6 Å². The molecule has 0 saturated carbocycles. The van der Waals surface area contributed by atoms with Gasteiger partial charge in [-0.2, -0.15) is 0 Å². The summed E-state index contributed by atoms with van der Waals surface area (Å²) in [6.45, 7) is 0. The van der Waals surface area contributed by atoms with E-state index in [0.29, 0.717) is 32.7 Å². The molecule has 0 saturated heterocycles. The molecule has 0 bridgehead atoms. The van der Waals surface area contributed by atoms with Crippen LogP contribution in [-0.4, -0.2) is 18.9 Å². The number of nitrogens with one attached hydrogen (secondary N) is 2. The summed E-state index contributed by atoms with van der Waals surface area (Å²) in [5.74, 6) is -0.153. The molecule has 6 nitrogen and oxygen atoms in total. The van der Waals surface area contributed by atoms with Crippen molar-refractivity contribution in [3.8, 4) is 5.75 Å². The van der Waals surface area contributed by atoms with E-state index in [1.54, 1.807) is 54.6 Å². The van der Waals surface area contributed by atoms with Gasteiger partial charge < -0.3 is 19.8 Å². The summed E-state index contributed by atoms with van der Waals surface area (Å²) < 4.78 is 10.3. The van der Waals surface area contributed by atoms with Gasteiger partial charge in [-0.25, -0.2) is 0 Å². The van der Waals surface area contributed by atoms with E-state index in [9.17, 15) is 9.59 Å².